The maximum atomic E-state index is 12.1. The molecule has 0 bridgehead atoms. The van der Waals surface area contributed by atoms with Gasteiger partial charge < -0.3 is 13.9 Å². The van der Waals surface area contributed by atoms with Crippen LogP contribution in [-0.4, -0.2) is 35.1 Å². The molecule has 1 rings (SSSR count). The summed E-state index contributed by atoms with van der Waals surface area (Å²) in [5.41, 5.74) is 1.20. The molecule has 0 radical (unpaired) electrons. The number of hydrogen-bond acceptors (Lipinski definition) is 4. The first kappa shape index (κ1) is 16.5. The molecule has 4 nitrogen and oxygen atoms in total. The van der Waals surface area contributed by atoms with E-state index in [1.54, 1.807) is 7.11 Å². The van der Waals surface area contributed by atoms with Crippen molar-refractivity contribution in [1.29, 1.82) is 0 Å². The van der Waals surface area contributed by atoms with Crippen molar-refractivity contribution >= 4 is 19.9 Å². The SMILES string of the molecule is COC/C(O[Si](C)(C)C)=C(\C(=O)OC)c1ccccc1. The summed E-state index contributed by atoms with van der Waals surface area (Å²) in [5.74, 6) is 0.117. The molecule has 0 saturated carbocycles. The Labute approximate surface area is 121 Å². The fourth-order valence-electron chi connectivity index (χ4n) is 1.75. The molecule has 20 heavy (non-hydrogen) atoms. The summed E-state index contributed by atoms with van der Waals surface area (Å²) in [7, 11) is 1.08. The Balaban J connectivity index is 3.35. The van der Waals surface area contributed by atoms with Gasteiger partial charge in [-0.2, -0.15) is 0 Å². The summed E-state index contributed by atoms with van der Waals surface area (Å²) in [6.07, 6.45) is 0. The molecule has 0 unspecified atom stereocenters. The van der Waals surface area contributed by atoms with Crippen LogP contribution >= 0.6 is 0 Å². The van der Waals surface area contributed by atoms with Gasteiger partial charge in [0.25, 0.3) is 0 Å². The van der Waals surface area contributed by atoms with E-state index in [9.17, 15) is 4.79 Å². The van der Waals surface area contributed by atoms with E-state index >= 15 is 0 Å². The Bertz CT molecular complexity index is 474. The zero-order valence-electron chi connectivity index (χ0n) is 12.7. The minimum Gasteiger partial charge on any atom is -0.545 e. The van der Waals surface area contributed by atoms with Crippen LogP contribution in [0.5, 0.6) is 0 Å². The summed E-state index contributed by atoms with van der Waals surface area (Å²) >= 11 is 0. The molecule has 0 heterocycles. The van der Waals surface area contributed by atoms with Gasteiger partial charge in [0, 0.05) is 7.11 Å². The van der Waals surface area contributed by atoms with Crippen LogP contribution in [0.3, 0.4) is 0 Å². The van der Waals surface area contributed by atoms with E-state index in [0.717, 1.165) is 5.56 Å². The van der Waals surface area contributed by atoms with Crippen LogP contribution in [0.15, 0.2) is 36.1 Å². The number of methoxy groups -OCH3 is 2. The molecule has 0 aliphatic heterocycles. The van der Waals surface area contributed by atoms with E-state index in [2.05, 4.69) is 19.6 Å². The summed E-state index contributed by atoms with van der Waals surface area (Å²) in [6.45, 7) is 6.41. The molecule has 0 spiro atoms. The molecule has 0 amide bonds. The van der Waals surface area contributed by atoms with E-state index in [1.165, 1.54) is 7.11 Å². The van der Waals surface area contributed by atoms with E-state index < -0.39 is 14.3 Å². The zero-order valence-corrected chi connectivity index (χ0v) is 13.7. The standard InChI is InChI=1S/C15H22O4Si/c1-17-11-13(19-20(3,4)5)14(15(16)18-2)12-9-7-6-8-10-12/h6-10H,11H2,1-5H3/b14-13+. The topological polar surface area (TPSA) is 44.8 Å². The van der Waals surface area contributed by atoms with Gasteiger partial charge in [0.1, 0.15) is 17.9 Å². The van der Waals surface area contributed by atoms with Crippen molar-refractivity contribution in [2.24, 2.45) is 0 Å². The van der Waals surface area contributed by atoms with Gasteiger partial charge in [0.15, 0.2) is 0 Å². The average molecular weight is 294 g/mol. The molecule has 110 valence electrons. The number of ether oxygens (including phenoxy) is 2. The first-order chi connectivity index (χ1) is 9.39. The first-order valence-corrected chi connectivity index (χ1v) is 9.84. The number of carbonyl (C=O) groups excluding carboxylic acids is 1. The first-order valence-electron chi connectivity index (χ1n) is 6.44. The predicted octanol–water partition coefficient (Wildman–Crippen LogP) is 3.07. The smallest absolute Gasteiger partial charge is 0.341 e. The van der Waals surface area contributed by atoms with E-state index in [-0.39, 0.29) is 6.61 Å². The monoisotopic (exact) mass is 294 g/mol. The fourth-order valence-corrected chi connectivity index (χ4v) is 2.65. The van der Waals surface area contributed by atoms with Crippen molar-refractivity contribution in [1.82, 2.24) is 0 Å². The molecule has 0 atom stereocenters. The van der Waals surface area contributed by atoms with Gasteiger partial charge in [-0.25, -0.2) is 4.79 Å². The van der Waals surface area contributed by atoms with Gasteiger partial charge in [0.05, 0.1) is 7.11 Å². The van der Waals surface area contributed by atoms with Gasteiger partial charge in [-0.1, -0.05) is 30.3 Å². The minimum absolute atomic E-state index is 0.240. The molecule has 0 aliphatic rings. The summed E-state index contributed by atoms with van der Waals surface area (Å²) in [6, 6.07) is 9.35. The highest BCUT2D eigenvalue weighted by atomic mass is 28.4. The van der Waals surface area contributed by atoms with Crippen molar-refractivity contribution < 1.29 is 18.7 Å². The molecule has 5 heteroatoms. The highest BCUT2D eigenvalue weighted by Gasteiger charge is 2.25. The second-order valence-corrected chi connectivity index (χ2v) is 9.73. The van der Waals surface area contributed by atoms with Crippen LogP contribution < -0.4 is 0 Å². The van der Waals surface area contributed by atoms with Crippen molar-refractivity contribution in [2.75, 3.05) is 20.8 Å². The zero-order chi connectivity index (χ0) is 15.2. The molecular weight excluding hydrogens is 272 g/mol. The van der Waals surface area contributed by atoms with Gasteiger partial charge in [0.2, 0.25) is 8.32 Å². The largest absolute Gasteiger partial charge is 0.545 e. The number of hydrogen-bond donors (Lipinski definition) is 0. The van der Waals surface area contributed by atoms with Crippen LogP contribution in [0, 0.1) is 0 Å². The lowest BCUT2D eigenvalue weighted by Gasteiger charge is -2.23. The third-order valence-electron chi connectivity index (χ3n) is 2.44. The lowest BCUT2D eigenvalue weighted by atomic mass is 10.1. The van der Waals surface area contributed by atoms with Crippen molar-refractivity contribution in [3.63, 3.8) is 0 Å². The lowest BCUT2D eigenvalue weighted by molar-refractivity contribution is -0.133. The second-order valence-electron chi connectivity index (χ2n) is 5.30. The van der Waals surface area contributed by atoms with Gasteiger partial charge in [-0.3, -0.25) is 0 Å². The highest BCUT2D eigenvalue weighted by molar-refractivity contribution is 6.70. The molecule has 0 N–H and O–H groups in total. The van der Waals surface area contributed by atoms with E-state index in [0.29, 0.717) is 11.3 Å². The summed E-state index contributed by atoms with van der Waals surface area (Å²) in [4.78, 5) is 12.1. The molecule has 0 fully saturated rings. The van der Waals surface area contributed by atoms with Crippen molar-refractivity contribution in [3.8, 4) is 0 Å². The van der Waals surface area contributed by atoms with Crippen LogP contribution in [0.2, 0.25) is 19.6 Å². The third kappa shape index (κ3) is 4.83. The molecular formula is C15H22O4Si. The number of benzene rings is 1. The van der Waals surface area contributed by atoms with Crippen LogP contribution in [0.4, 0.5) is 0 Å². The van der Waals surface area contributed by atoms with E-state index in [4.69, 9.17) is 13.9 Å². The maximum Gasteiger partial charge on any atom is 0.341 e. The van der Waals surface area contributed by atoms with E-state index in [1.807, 2.05) is 30.3 Å². The third-order valence-corrected chi connectivity index (χ3v) is 3.29. The maximum absolute atomic E-state index is 12.1. The molecule has 0 aliphatic carbocycles. The van der Waals surface area contributed by atoms with Crippen LogP contribution in [0.1, 0.15) is 5.56 Å². The van der Waals surface area contributed by atoms with Gasteiger partial charge in [-0.05, 0) is 25.2 Å². The predicted molar refractivity (Wildman–Crippen MR) is 81.7 cm³/mol. The Kier molecular flexibility index (Phi) is 5.97. The van der Waals surface area contributed by atoms with Crippen LogP contribution in [-0.2, 0) is 18.7 Å². The molecule has 1 aromatic rings. The Hall–Kier alpha value is -1.59. The number of esters is 1. The molecule has 1 aromatic carbocycles. The number of carbonyl (C=O) groups is 1. The summed E-state index contributed by atoms with van der Waals surface area (Å²) in [5, 5.41) is 0. The average Bonchev–Trinajstić information content (AvgIpc) is 2.38. The van der Waals surface area contributed by atoms with Gasteiger partial charge in [-0.15, -0.1) is 0 Å². The normalized spacial score (nSPS) is 12.7. The number of rotatable bonds is 6. The highest BCUT2D eigenvalue weighted by Crippen LogP contribution is 2.24. The van der Waals surface area contributed by atoms with Crippen molar-refractivity contribution in [3.05, 3.63) is 41.7 Å². The second kappa shape index (κ2) is 7.26. The minimum atomic E-state index is -1.86. The van der Waals surface area contributed by atoms with Gasteiger partial charge >= 0.3 is 5.97 Å². The Morgan fingerprint density at radius 2 is 1.70 bits per heavy atom. The molecule has 0 aromatic heterocycles. The Morgan fingerprint density at radius 3 is 2.15 bits per heavy atom. The van der Waals surface area contributed by atoms with Crippen molar-refractivity contribution in [2.45, 2.75) is 19.6 Å². The quantitative estimate of drug-likeness (QED) is 0.350. The molecule has 0 saturated heterocycles. The lowest BCUT2D eigenvalue weighted by Crippen LogP contribution is -2.27. The summed E-state index contributed by atoms with van der Waals surface area (Å²) < 4.78 is 16.1. The Morgan fingerprint density at radius 1 is 1.10 bits per heavy atom. The fraction of sp³-hybridized carbons (Fsp3) is 0.400. The van der Waals surface area contributed by atoms with Crippen LogP contribution in [0.25, 0.3) is 5.57 Å².